The van der Waals surface area contributed by atoms with Crippen LogP contribution in [0.2, 0.25) is 0 Å². The summed E-state index contributed by atoms with van der Waals surface area (Å²) in [5.41, 5.74) is 0.187. The van der Waals surface area contributed by atoms with E-state index >= 15 is 0 Å². The minimum Gasteiger partial charge on any atom is -0.383 e. The van der Waals surface area contributed by atoms with Crippen LogP contribution in [0.25, 0.3) is 0 Å². The minimum absolute atomic E-state index is 0.0433. The summed E-state index contributed by atoms with van der Waals surface area (Å²) in [4.78, 5) is 23.5. The molecule has 10 nitrogen and oxygen atoms in total. The molecule has 0 aromatic heterocycles. The van der Waals surface area contributed by atoms with Crippen molar-refractivity contribution in [3.8, 4) is 0 Å². The number of amides is 2. The average Bonchev–Trinajstić information content (AvgIpc) is 2.97. The summed E-state index contributed by atoms with van der Waals surface area (Å²) in [6.07, 6.45) is 0.231. The van der Waals surface area contributed by atoms with Crippen LogP contribution in [0.3, 0.4) is 0 Å². The van der Waals surface area contributed by atoms with Crippen molar-refractivity contribution in [3.63, 3.8) is 0 Å². The Morgan fingerprint density at radius 1 is 1.18 bits per heavy atom. The molecule has 0 spiro atoms. The predicted octanol–water partition coefficient (Wildman–Crippen LogP) is -1.36. The fourth-order valence-corrected chi connectivity index (χ4v) is 5.63. The van der Waals surface area contributed by atoms with Crippen molar-refractivity contribution in [2.24, 2.45) is 0 Å². The number of sulfonamides is 1. The first-order chi connectivity index (χ1) is 13.1. The molecule has 1 saturated heterocycles. The maximum absolute atomic E-state index is 12.4. The lowest BCUT2D eigenvalue weighted by Gasteiger charge is -2.12. The fourth-order valence-electron chi connectivity index (χ4n) is 2.58. The second kappa shape index (κ2) is 9.45. The molecular formula is C16H23N3O7S2. The van der Waals surface area contributed by atoms with Crippen molar-refractivity contribution in [2.45, 2.75) is 17.4 Å². The molecule has 1 aliphatic heterocycles. The normalized spacial score (nSPS) is 18.5. The zero-order chi connectivity index (χ0) is 20.8. The van der Waals surface area contributed by atoms with Crippen LogP contribution in [0.4, 0.5) is 0 Å². The van der Waals surface area contributed by atoms with Gasteiger partial charge in [-0.2, -0.15) is 0 Å². The van der Waals surface area contributed by atoms with Crippen LogP contribution in [0, 0.1) is 0 Å². The predicted molar refractivity (Wildman–Crippen MR) is 101 cm³/mol. The molecule has 28 heavy (non-hydrogen) atoms. The molecular weight excluding hydrogens is 410 g/mol. The number of sulfone groups is 1. The van der Waals surface area contributed by atoms with Crippen LogP contribution in [-0.2, 0) is 29.4 Å². The number of carbonyl (C=O) groups is 2. The molecule has 1 heterocycles. The van der Waals surface area contributed by atoms with Gasteiger partial charge in [-0.15, -0.1) is 0 Å². The van der Waals surface area contributed by atoms with Gasteiger partial charge in [-0.05, 0) is 30.7 Å². The van der Waals surface area contributed by atoms with Gasteiger partial charge in [0, 0.05) is 25.3 Å². The van der Waals surface area contributed by atoms with E-state index in [4.69, 9.17) is 4.74 Å². The first kappa shape index (κ1) is 22.3. The third-order valence-corrected chi connectivity index (χ3v) is 7.32. The lowest BCUT2D eigenvalue weighted by atomic mass is 10.2. The Morgan fingerprint density at radius 2 is 1.86 bits per heavy atom. The minimum atomic E-state index is -3.90. The second-order valence-electron chi connectivity index (χ2n) is 6.27. The van der Waals surface area contributed by atoms with Crippen molar-refractivity contribution < 1.29 is 31.2 Å². The maximum atomic E-state index is 12.4. The van der Waals surface area contributed by atoms with Crippen LogP contribution in [0.15, 0.2) is 29.2 Å². The number of hydrogen-bond donors (Lipinski definition) is 3. The smallest absolute Gasteiger partial charge is 0.251 e. The summed E-state index contributed by atoms with van der Waals surface area (Å²) in [5.74, 6) is -1.17. The summed E-state index contributed by atoms with van der Waals surface area (Å²) in [6.45, 7) is 0.462. The van der Waals surface area contributed by atoms with E-state index < -0.39 is 31.8 Å². The van der Waals surface area contributed by atoms with Gasteiger partial charge in [-0.1, -0.05) is 0 Å². The molecule has 1 unspecified atom stereocenters. The second-order valence-corrected chi connectivity index (χ2v) is 10.2. The lowest BCUT2D eigenvalue weighted by Crippen LogP contribution is -2.38. The molecule has 0 saturated carbocycles. The summed E-state index contributed by atoms with van der Waals surface area (Å²) >= 11 is 0. The van der Waals surface area contributed by atoms with Crippen molar-refractivity contribution in [1.82, 2.24) is 15.4 Å². The van der Waals surface area contributed by atoms with Crippen molar-refractivity contribution in [2.75, 3.05) is 38.3 Å². The standard InChI is InChI=1S/C16H23N3O7S2/c1-26-8-7-17-15(20)10-18-16(21)12-2-4-14(5-3-12)28(24,25)19-13-6-9-27(22,23)11-13/h2-5,13,19H,6-11H2,1H3,(H,17,20)(H,18,21). The van der Waals surface area contributed by atoms with E-state index in [1.165, 1.54) is 31.4 Å². The van der Waals surface area contributed by atoms with E-state index in [0.29, 0.717) is 13.2 Å². The number of benzene rings is 1. The van der Waals surface area contributed by atoms with Crippen molar-refractivity contribution >= 4 is 31.7 Å². The molecule has 0 aliphatic carbocycles. The van der Waals surface area contributed by atoms with E-state index in [0.717, 1.165) is 0 Å². The van der Waals surface area contributed by atoms with E-state index in [2.05, 4.69) is 15.4 Å². The zero-order valence-electron chi connectivity index (χ0n) is 15.3. The summed E-state index contributed by atoms with van der Waals surface area (Å²) < 4.78 is 54.8. The molecule has 2 amide bonds. The Hall–Kier alpha value is -2.02. The number of rotatable bonds is 9. The average molecular weight is 434 g/mol. The SMILES string of the molecule is COCCNC(=O)CNC(=O)c1ccc(S(=O)(=O)NC2CCS(=O)(=O)C2)cc1. The van der Waals surface area contributed by atoms with Gasteiger partial charge in [0.2, 0.25) is 15.9 Å². The quantitative estimate of drug-likeness (QED) is 0.408. The Labute approximate surface area is 164 Å². The van der Waals surface area contributed by atoms with Crippen LogP contribution in [0.5, 0.6) is 0 Å². The molecule has 156 valence electrons. The van der Waals surface area contributed by atoms with Gasteiger partial charge in [0.05, 0.1) is 29.6 Å². The Bertz CT molecular complexity index is 912. The van der Waals surface area contributed by atoms with E-state index in [1.54, 1.807) is 0 Å². The third-order valence-electron chi connectivity index (χ3n) is 4.02. The van der Waals surface area contributed by atoms with E-state index in [9.17, 15) is 26.4 Å². The van der Waals surface area contributed by atoms with Crippen LogP contribution >= 0.6 is 0 Å². The molecule has 0 bridgehead atoms. The third kappa shape index (κ3) is 6.55. The molecule has 1 aliphatic rings. The van der Waals surface area contributed by atoms with Gasteiger partial charge in [0.1, 0.15) is 0 Å². The van der Waals surface area contributed by atoms with Gasteiger partial charge in [0.15, 0.2) is 9.84 Å². The fraction of sp³-hybridized carbons (Fsp3) is 0.500. The van der Waals surface area contributed by atoms with E-state index in [1.807, 2.05) is 0 Å². The van der Waals surface area contributed by atoms with Gasteiger partial charge < -0.3 is 15.4 Å². The number of hydrogen-bond acceptors (Lipinski definition) is 7. The molecule has 12 heteroatoms. The molecule has 1 aromatic carbocycles. The van der Waals surface area contributed by atoms with Gasteiger partial charge in [0.25, 0.3) is 5.91 Å². The molecule has 1 aromatic rings. The van der Waals surface area contributed by atoms with Crippen LogP contribution in [-0.4, -0.2) is 73.0 Å². The first-order valence-corrected chi connectivity index (χ1v) is 11.8. The number of nitrogens with one attached hydrogen (secondary N) is 3. The maximum Gasteiger partial charge on any atom is 0.251 e. The van der Waals surface area contributed by atoms with Gasteiger partial charge in [-0.25, -0.2) is 21.6 Å². The number of carbonyl (C=O) groups excluding carboxylic acids is 2. The highest BCUT2D eigenvalue weighted by Crippen LogP contribution is 2.16. The molecule has 0 radical (unpaired) electrons. The molecule has 2 rings (SSSR count). The Balaban J connectivity index is 1.91. The summed E-state index contributed by atoms with van der Waals surface area (Å²) in [7, 11) is -5.60. The van der Waals surface area contributed by atoms with E-state index in [-0.39, 0.29) is 40.8 Å². The van der Waals surface area contributed by atoms with Gasteiger partial charge in [-0.3, -0.25) is 9.59 Å². The molecule has 3 N–H and O–H groups in total. The summed E-state index contributed by atoms with van der Waals surface area (Å²) in [6, 6.07) is 4.48. The first-order valence-electron chi connectivity index (χ1n) is 8.49. The highest BCUT2D eigenvalue weighted by atomic mass is 32.2. The topological polar surface area (TPSA) is 148 Å². The zero-order valence-corrected chi connectivity index (χ0v) is 16.9. The van der Waals surface area contributed by atoms with Crippen LogP contribution < -0.4 is 15.4 Å². The highest BCUT2D eigenvalue weighted by Gasteiger charge is 2.31. The largest absolute Gasteiger partial charge is 0.383 e. The summed E-state index contributed by atoms with van der Waals surface area (Å²) in [5, 5.41) is 4.98. The van der Waals surface area contributed by atoms with Gasteiger partial charge >= 0.3 is 0 Å². The number of methoxy groups -OCH3 is 1. The van der Waals surface area contributed by atoms with Crippen molar-refractivity contribution in [1.29, 1.82) is 0 Å². The van der Waals surface area contributed by atoms with Crippen LogP contribution in [0.1, 0.15) is 16.8 Å². The monoisotopic (exact) mass is 433 g/mol. The lowest BCUT2D eigenvalue weighted by molar-refractivity contribution is -0.120. The molecule has 1 fully saturated rings. The highest BCUT2D eigenvalue weighted by molar-refractivity contribution is 7.92. The number of ether oxygens (including phenoxy) is 1. The Kier molecular flexibility index (Phi) is 7.52. The Morgan fingerprint density at radius 3 is 2.43 bits per heavy atom. The van der Waals surface area contributed by atoms with Crippen molar-refractivity contribution in [3.05, 3.63) is 29.8 Å². The molecule has 1 atom stereocenters.